The summed E-state index contributed by atoms with van der Waals surface area (Å²) >= 11 is 1.70. The highest BCUT2D eigenvalue weighted by molar-refractivity contribution is 7.99. The average molecular weight is 449 g/mol. The Bertz CT molecular complexity index is 867. The van der Waals surface area contributed by atoms with E-state index in [4.69, 9.17) is 18.9 Å². The number of ether oxygens (including phenoxy) is 4. The molecule has 1 aromatic heterocycles. The van der Waals surface area contributed by atoms with Crippen molar-refractivity contribution >= 4 is 11.8 Å². The maximum absolute atomic E-state index is 5.73. The second-order valence-corrected chi connectivity index (χ2v) is 8.40. The van der Waals surface area contributed by atoms with Crippen LogP contribution in [-0.4, -0.2) is 66.5 Å². The third kappa shape index (κ3) is 5.72. The van der Waals surface area contributed by atoms with Gasteiger partial charge < -0.3 is 23.5 Å². The number of rotatable bonds is 12. The minimum Gasteiger partial charge on any atom is -0.493 e. The molecule has 0 aliphatic carbocycles. The predicted octanol–water partition coefficient (Wildman–Crippen LogP) is 3.39. The lowest BCUT2D eigenvalue weighted by Crippen LogP contribution is -2.21. The molecule has 1 saturated heterocycles. The Morgan fingerprint density at radius 2 is 2.00 bits per heavy atom. The van der Waals surface area contributed by atoms with E-state index in [9.17, 15) is 0 Å². The normalized spacial score (nSPS) is 16.0. The van der Waals surface area contributed by atoms with Crippen molar-refractivity contribution in [2.45, 2.75) is 43.7 Å². The molecule has 9 heteroatoms. The summed E-state index contributed by atoms with van der Waals surface area (Å²) in [5.41, 5.74) is 1.01. The van der Waals surface area contributed by atoms with Crippen LogP contribution in [0.5, 0.6) is 17.2 Å². The number of hydrogen-bond donors (Lipinski definition) is 0. The van der Waals surface area contributed by atoms with Crippen molar-refractivity contribution in [3.05, 3.63) is 36.2 Å². The maximum Gasteiger partial charge on any atom is 0.203 e. The molecule has 1 aromatic carbocycles. The van der Waals surface area contributed by atoms with Crippen molar-refractivity contribution in [2.75, 3.05) is 40.7 Å². The van der Waals surface area contributed by atoms with Crippen molar-refractivity contribution in [1.82, 2.24) is 19.7 Å². The molecule has 2 heterocycles. The topological polar surface area (TPSA) is 70.9 Å². The molecule has 31 heavy (non-hydrogen) atoms. The first-order chi connectivity index (χ1) is 15.1. The molecule has 0 saturated carbocycles. The third-order valence-corrected chi connectivity index (χ3v) is 6.26. The molecule has 1 fully saturated rings. The number of benzene rings is 1. The van der Waals surface area contributed by atoms with E-state index in [1.165, 1.54) is 0 Å². The van der Waals surface area contributed by atoms with Crippen molar-refractivity contribution in [1.29, 1.82) is 0 Å². The largest absolute Gasteiger partial charge is 0.493 e. The first kappa shape index (κ1) is 23.4. The zero-order valence-corrected chi connectivity index (χ0v) is 19.6. The second kappa shape index (κ2) is 11.4. The quantitative estimate of drug-likeness (QED) is 0.361. The Hall–Kier alpha value is -2.23. The van der Waals surface area contributed by atoms with Crippen LogP contribution in [0.25, 0.3) is 0 Å². The lowest BCUT2D eigenvalue weighted by atomic mass is 10.1. The Balaban J connectivity index is 1.71. The first-order valence-electron chi connectivity index (χ1n) is 10.3. The van der Waals surface area contributed by atoms with Gasteiger partial charge in [0.05, 0.1) is 34.0 Å². The summed E-state index contributed by atoms with van der Waals surface area (Å²) in [5.74, 6) is 3.71. The molecule has 2 aromatic rings. The highest BCUT2D eigenvalue weighted by Gasteiger charge is 2.20. The van der Waals surface area contributed by atoms with E-state index in [2.05, 4.69) is 26.2 Å². The highest BCUT2D eigenvalue weighted by atomic mass is 32.2. The van der Waals surface area contributed by atoms with E-state index in [1.807, 2.05) is 25.3 Å². The minimum absolute atomic E-state index is 0.308. The fourth-order valence-electron chi connectivity index (χ4n) is 3.67. The fourth-order valence-corrected chi connectivity index (χ4v) is 4.71. The molecule has 0 amide bonds. The van der Waals surface area contributed by atoms with Crippen LogP contribution < -0.4 is 14.2 Å². The highest BCUT2D eigenvalue weighted by Crippen LogP contribution is 2.40. The van der Waals surface area contributed by atoms with Gasteiger partial charge in [0.2, 0.25) is 5.75 Å². The van der Waals surface area contributed by atoms with E-state index >= 15 is 0 Å². The van der Waals surface area contributed by atoms with Crippen LogP contribution in [0.15, 0.2) is 29.9 Å². The van der Waals surface area contributed by atoms with E-state index < -0.39 is 0 Å². The van der Waals surface area contributed by atoms with Gasteiger partial charge in [-0.3, -0.25) is 4.90 Å². The Morgan fingerprint density at radius 3 is 2.65 bits per heavy atom. The first-order valence-corrected chi connectivity index (χ1v) is 11.3. The molecule has 0 radical (unpaired) electrons. The van der Waals surface area contributed by atoms with E-state index in [1.54, 1.807) is 33.1 Å². The van der Waals surface area contributed by atoms with Crippen LogP contribution in [0.4, 0.5) is 0 Å². The van der Waals surface area contributed by atoms with Crippen LogP contribution >= 0.6 is 11.8 Å². The summed E-state index contributed by atoms with van der Waals surface area (Å²) < 4.78 is 24.3. The third-order valence-electron chi connectivity index (χ3n) is 5.16. The standard InChI is InChI=1S/C22H32N4O4S/c1-6-11-26-19(23-24-22(26)31-15-17-8-7-12-30-17)14-25(2)13-16-9-10-18(27-3)21(29-5)20(16)28-4/h6,9-10,17H,1,7-8,11-15H2,2-5H3/t17-/m0/s1. The molecular weight excluding hydrogens is 416 g/mol. The van der Waals surface area contributed by atoms with Gasteiger partial charge in [0.1, 0.15) is 5.82 Å². The number of allylic oxidation sites excluding steroid dienone is 1. The lowest BCUT2D eigenvalue weighted by molar-refractivity contribution is 0.129. The molecule has 1 aliphatic rings. The summed E-state index contributed by atoms with van der Waals surface area (Å²) in [5, 5.41) is 9.78. The average Bonchev–Trinajstić information content (AvgIpc) is 3.42. The van der Waals surface area contributed by atoms with Crippen LogP contribution in [-0.2, 0) is 24.4 Å². The molecule has 0 bridgehead atoms. The van der Waals surface area contributed by atoms with Gasteiger partial charge in [-0.2, -0.15) is 0 Å². The monoisotopic (exact) mass is 448 g/mol. The second-order valence-electron chi connectivity index (χ2n) is 7.41. The Morgan fingerprint density at radius 1 is 1.19 bits per heavy atom. The van der Waals surface area contributed by atoms with E-state index in [0.29, 0.717) is 43.0 Å². The number of aromatic nitrogens is 3. The fraction of sp³-hybridized carbons (Fsp3) is 0.545. The number of nitrogens with zero attached hydrogens (tertiary/aromatic N) is 4. The van der Waals surface area contributed by atoms with E-state index in [0.717, 1.165) is 41.7 Å². The van der Waals surface area contributed by atoms with Crippen LogP contribution in [0.3, 0.4) is 0 Å². The summed E-state index contributed by atoms with van der Waals surface area (Å²) in [6.07, 6.45) is 4.44. The molecular formula is C22H32N4O4S. The minimum atomic E-state index is 0.308. The Labute approximate surface area is 188 Å². The smallest absolute Gasteiger partial charge is 0.203 e. The summed E-state index contributed by atoms with van der Waals surface area (Å²) in [7, 11) is 6.91. The van der Waals surface area contributed by atoms with Crippen LogP contribution in [0, 0.1) is 0 Å². The molecule has 0 spiro atoms. The number of methoxy groups -OCH3 is 3. The maximum atomic E-state index is 5.73. The van der Waals surface area contributed by atoms with Crippen molar-refractivity contribution < 1.29 is 18.9 Å². The molecule has 3 rings (SSSR count). The molecule has 8 nitrogen and oxygen atoms in total. The zero-order valence-electron chi connectivity index (χ0n) is 18.8. The molecule has 1 aliphatic heterocycles. The van der Waals surface area contributed by atoms with Crippen LogP contribution in [0.2, 0.25) is 0 Å². The summed E-state index contributed by atoms with van der Waals surface area (Å²) in [4.78, 5) is 2.17. The van der Waals surface area contributed by atoms with Crippen molar-refractivity contribution in [2.24, 2.45) is 0 Å². The molecule has 1 atom stereocenters. The van der Waals surface area contributed by atoms with Gasteiger partial charge >= 0.3 is 0 Å². The van der Waals surface area contributed by atoms with Crippen molar-refractivity contribution in [3.63, 3.8) is 0 Å². The zero-order chi connectivity index (χ0) is 22.2. The van der Waals surface area contributed by atoms with Crippen molar-refractivity contribution in [3.8, 4) is 17.2 Å². The Kier molecular flexibility index (Phi) is 8.62. The predicted molar refractivity (Wildman–Crippen MR) is 121 cm³/mol. The van der Waals surface area contributed by atoms with Gasteiger partial charge in [-0.05, 0) is 26.0 Å². The SMILES string of the molecule is C=CCn1c(CN(C)Cc2ccc(OC)c(OC)c2OC)nnc1SC[C@@H]1CCCO1. The van der Waals surface area contributed by atoms with Gasteiger partial charge in [-0.1, -0.05) is 23.9 Å². The van der Waals surface area contributed by atoms with Gasteiger partial charge in [-0.25, -0.2) is 0 Å². The van der Waals surface area contributed by atoms with Gasteiger partial charge in [0.25, 0.3) is 0 Å². The molecule has 0 unspecified atom stereocenters. The summed E-state index contributed by atoms with van der Waals surface area (Å²) in [6, 6.07) is 3.89. The van der Waals surface area contributed by atoms with Gasteiger partial charge in [0.15, 0.2) is 16.7 Å². The number of hydrogen-bond acceptors (Lipinski definition) is 8. The summed E-state index contributed by atoms with van der Waals surface area (Å²) in [6.45, 7) is 6.72. The molecule has 0 N–H and O–H groups in total. The number of thioether (sulfide) groups is 1. The van der Waals surface area contributed by atoms with Gasteiger partial charge in [-0.15, -0.1) is 16.8 Å². The van der Waals surface area contributed by atoms with Crippen LogP contribution in [0.1, 0.15) is 24.2 Å². The van der Waals surface area contributed by atoms with Gasteiger partial charge in [0, 0.05) is 31.0 Å². The lowest BCUT2D eigenvalue weighted by Gasteiger charge is -2.20. The molecule has 170 valence electrons. The van der Waals surface area contributed by atoms with E-state index in [-0.39, 0.29) is 0 Å².